The molecule has 106 valence electrons. The highest BCUT2D eigenvalue weighted by atomic mass is 35.5. The number of aryl methyl sites for hydroxylation is 1. The summed E-state index contributed by atoms with van der Waals surface area (Å²) in [5, 5.41) is 9.75. The van der Waals surface area contributed by atoms with Crippen molar-refractivity contribution in [1.82, 2.24) is 0 Å². The number of rotatable bonds is 3. The van der Waals surface area contributed by atoms with Crippen molar-refractivity contribution in [3.05, 3.63) is 69.0 Å². The maximum Gasteiger partial charge on any atom is 0.184 e. The lowest BCUT2D eigenvalue weighted by Crippen LogP contribution is -2.12. The van der Waals surface area contributed by atoms with Crippen molar-refractivity contribution in [2.45, 2.75) is 12.8 Å². The van der Waals surface area contributed by atoms with E-state index in [2.05, 4.69) is 0 Å². The summed E-state index contributed by atoms with van der Waals surface area (Å²) in [5.74, 6) is -2.04. The van der Waals surface area contributed by atoms with Crippen LogP contribution in [0, 0.1) is 24.1 Å². The third-order valence-electron chi connectivity index (χ3n) is 2.99. The van der Waals surface area contributed by atoms with Crippen LogP contribution in [0.15, 0.2) is 36.4 Å². The van der Waals surface area contributed by atoms with Gasteiger partial charge >= 0.3 is 0 Å². The molecule has 0 aromatic heterocycles. The summed E-state index contributed by atoms with van der Waals surface area (Å²) in [6.07, 6.45) is 0. The van der Waals surface area contributed by atoms with E-state index in [1.54, 1.807) is 19.1 Å². The number of nitriles is 1. The quantitative estimate of drug-likeness (QED) is 0.752. The number of hydrogen-bond acceptors (Lipinski definition) is 2. The Bertz CT molecular complexity index is 732. The van der Waals surface area contributed by atoms with Gasteiger partial charge in [-0.15, -0.1) is 0 Å². The molecule has 0 saturated carbocycles. The van der Waals surface area contributed by atoms with Crippen molar-refractivity contribution in [2.24, 2.45) is 0 Å². The van der Waals surface area contributed by atoms with Crippen LogP contribution in [0.5, 0.6) is 0 Å². The van der Waals surface area contributed by atoms with Gasteiger partial charge in [0.2, 0.25) is 0 Å². The van der Waals surface area contributed by atoms with Crippen LogP contribution < -0.4 is 0 Å². The second kappa shape index (κ2) is 6.26. The minimum atomic E-state index is -1.10. The topological polar surface area (TPSA) is 40.9 Å². The largest absolute Gasteiger partial charge is 0.292 e. The molecule has 2 aromatic carbocycles. The number of halogens is 3. The summed E-state index contributed by atoms with van der Waals surface area (Å²) in [6, 6.07) is 10.4. The van der Waals surface area contributed by atoms with Gasteiger partial charge in [0.1, 0.15) is 11.7 Å². The first-order valence-electron chi connectivity index (χ1n) is 6.08. The van der Waals surface area contributed by atoms with E-state index >= 15 is 0 Å². The molecule has 21 heavy (non-hydrogen) atoms. The number of hydrogen-bond donors (Lipinski definition) is 0. The zero-order valence-corrected chi connectivity index (χ0v) is 12.5. The predicted molar refractivity (Wildman–Crippen MR) is 80.3 cm³/mol. The molecule has 5 heteroatoms. The average molecular weight is 322 g/mol. The second-order valence-corrected chi connectivity index (χ2v) is 5.45. The summed E-state index contributed by atoms with van der Waals surface area (Å²) in [7, 11) is 0. The van der Waals surface area contributed by atoms with Crippen molar-refractivity contribution in [2.75, 3.05) is 0 Å². The Morgan fingerprint density at radius 2 is 1.95 bits per heavy atom. The highest BCUT2D eigenvalue weighted by Crippen LogP contribution is 2.29. The van der Waals surface area contributed by atoms with Crippen LogP contribution in [-0.2, 0) is 0 Å². The molecule has 0 fully saturated rings. The molecule has 2 aromatic rings. The molecule has 0 saturated heterocycles. The molecular formula is C16H10Cl2FNO. The summed E-state index contributed by atoms with van der Waals surface area (Å²) >= 11 is 11.9. The van der Waals surface area contributed by atoms with Crippen molar-refractivity contribution < 1.29 is 9.18 Å². The van der Waals surface area contributed by atoms with Gasteiger partial charge in [-0.1, -0.05) is 29.3 Å². The third-order valence-corrected chi connectivity index (χ3v) is 3.54. The van der Waals surface area contributed by atoms with Crippen LogP contribution in [0.3, 0.4) is 0 Å². The van der Waals surface area contributed by atoms with Gasteiger partial charge in [-0.25, -0.2) is 4.39 Å². The summed E-state index contributed by atoms with van der Waals surface area (Å²) in [5.41, 5.74) is 1.42. The number of Topliss-reactive ketones (excluding diaryl/α,β-unsaturated/α-hetero) is 1. The number of carbonyl (C=O) groups excluding carboxylic acids is 1. The van der Waals surface area contributed by atoms with Gasteiger partial charge in [-0.05, 0) is 48.4 Å². The van der Waals surface area contributed by atoms with Crippen LogP contribution in [0.4, 0.5) is 4.39 Å². The number of carbonyl (C=O) groups is 1. The molecule has 0 radical (unpaired) electrons. The Labute approximate surface area is 131 Å². The van der Waals surface area contributed by atoms with E-state index in [4.69, 9.17) is 23.2 Å². The first-order valence-corrected chi connectivity index (χ1v) is 6.84. The SMILES string of the molecule is Cc1cc(Cl)cc(C(=O)C(C#N)c2ccc(F)cc2Cl)c1. The van der Waals surface area contributed by atoms with E-state index < -0.39 is 17.5 Å². The van der Waals surface area contributed by atoms with E-state index in [9.17, 15) is 14.4 Å². The van der Waals surface area contributed by atoms with E-state index in [0.717, 1.165) is 11.6 Å². The summed E-state index contributed by atoms with van der Waals surface area (Å²) in [4.78, 5) is 12.5. The highest BCUT2D eigenvalue weighted by Gasteiger charge is 2.24. The monoisotopic (exact) mass is 321 g/mol. The van der Waals surface area contributed by atoms with Crippen molar-refractivity contribution in [3.63, 3.8) is 0 Å². The Kier molecular flexibility index (Phi) is 4.62. The maximum absolute atomic E-state index is 13.1. The fraction of sp³-hybridized carbons (Fsp3) is 0.125. The Morgan fingerprint density at radius 1 is 1.24 bits per heavy atom. The predicted octanol–water partition coefficient (Wildman–Crippen LogP) is 4.93. The molecule has 0 heterocycles. The van der Waals surface area contributed by atoms with Crippen LogP contribution in [0.25, 0.3) is 0 Å². The lowest BCUT2D eigenvalue weighted by Gasteiger charge is -2.11. The van der Waals surface area contributed by atoms with Crippen LogP contribution in [0.1, 0.15) is 27.4 Å². The van der Waals surface area contributed by atoms with E-state index in [-0.39, 0.29) is 10.6 Å². The Morgan fingerprint density at radius 3 is 2.52 bits per heavy atom. The van der Waals surface area contributed by atoms with Gasteiger partial charge in [0.05, 0.1) is 6.07 Å². The number of benzene rings is 2. The van der Waals surface area contributed by atoms with Gasteiger partial charge in [-0.2, -0.15) is 5.26 Å². The van der Waals surface area contributed by atoms with Crippen molar-refractivity contribution >= 4 is 29.0 Å². The highest BCUT2D eigenvalue weighted by molar-refractivity contribution is 6.32. The van der Waals surface area contributed by atoms with Crippen LogP contribution in [-0.4, -0.2) is 5.78 Å². The smallest absolute Gasteiger partial charge is 0.184 e. The van der Waals surface area contributed by atoms with Gasteiger partial charge in [0.25, 0.3) is 0 Å². The minimum absolute atomic E-state index is 0.0497. The molecule has 0 N–H and O–H groups in total. The molecule has 0 aliphatic heterocycles. The van der Waals surface area contributed by atoms with Crippen LogP contribution in [0.2, 0.25) is 10.0 Å². The first-order chi connectivity index (χ1) is 9.92. The molecule has 1 unspecified atom stereocenters. The van der Waals surface area contributed by atoms with Gasteiger partial charge in [0.15, 0.2) is 5.78 Å². The minimum Gasteiger partial charge on any atom is -0.292 e. The average Bonchev–Trinajstić information content (AvgIpc) is 2.40. The molecule has 0 bridgehead atoms. The number of ketones is 1. The van der Waals surface area contributed by atoms with Crippen LogP contribution >= 0.6 is 23.2 Å². The first kappa shape index (κ1) is 15.5. The van der Waals surface area contributed by atoms with E-state index in [1.165, 1.54) is 18.2 Å². The molecule has 2 rings (SSSR count). The fourth-order valence-electron chi connectivity index (χ4n) is 2.05. The molecule has 0 amide bonds. The summed E-state index contributed by atoms with van der Waals surface area (Å²) in [6.45, 7) is 1.80. The second-order valence-electron chi connectivity index (χ2n) is 4.61. The van der Waals surface area contributed by atoms with Crippen molar-refractivity contribution in [3.8, 4) is 6.07 Å². The third kappa shape index (κ3) is 3.41. The van der Waals surface area contributed by atoms with Gasteiger partial charge in [-0.3, -0.25) is 4.79 Å². The van der Waals surface area contributed by atoms with Gasteiger partial charge in [0, 0.05) is 15.6 Å². The van der Waals surface area contributed by atoms with E-state index in [0.29, 0.717) is 10.6 Å². The zero-order valence-electron chi connectivity index (χ0n) is 11.0. The molecule has 0 spiro atoms. The summed E-state index contributed by atoms with van der Waals surface area (Å²) < 4.78 is 13.1. The molecule has 0 aliphatic rings. The number of nitrogens with zero attached hydrogens (tertiary/aromatic N) is 1. The molecule has 1 atom stereocenters. The Hall–Kier alpha value is -1.89. The lowest BCUT2D eigenvalue weighted by atomic mass is 9.91. The Balaban J connectivity index is 2.46. The standard InChI is InChI=1S/C16H10Cl2FNO/c1-9-4-10(6-11(17)5-9)16(21)14(8-20)13-3-2-12(19)7-15(13)18/h2-7,14H,1H3. The van der Waals surface area contributed by atoms with Gasteiger partial charge < -0.3 is 0 Å². The fourth-order valence-corrected chi connectivity index (χ4v) is 2.62. The molecular weight excluding hydrogens is 312 g/mol. The normalized spacial score (nSPS) is 11.8. The zero-order chi connectivity index (χ0) is 15.6. The maximum atomic E-state index is 13.1. The molecule has 0 aliphatic carbocycles. The lowest BCUT2D eigenvalue weighted by molar-refractivity contribution is 0.0978. The van der Waals surface area contributed by atoms with Crippen molar-refractivity contribution in [1.29, 1.82) is 5.26 Å². The van der Waals surface area contributed by atoms with E-state index in [1.807, 2.05) is 6.07 Å². The molecule has 2 nitrogen and oxygen atoms in total.